The van der Waals surface area contributed by atoms with Crippen LogP contribution in [-0.2, 0) is 18.3 Å². The molecule has 3 aromatic rings. The van der Waals surface area contributed by atoms with E-state index in [1.807, 2.05) is 12.1 Å². The minimum atomic E-state index is 0.0605. The molecule has 1 aliphatic carbocycles. The third-order valence-corrected chi connectivity index (χ3v) is 7.29. The maximum absolute atomic E-state index is 10.1. The molecule has 2 atom stereocenters. The Morgan fingerprint density at radius 2 is 2.04 bits per heavy atom. The minimum absolute atomic E-state index is 0.0605. The Balaban J connectivity index is 1.67. The van der Waals surface area contributed by atoms with Crippen molar-refractivity contribution in [3.63, 3.8) is 0 Å². The van der Waals surface area contributed by atoms with Crippen LogP contribution in [0.1, 0.15) is 23.2 Å². The van der Waals surface area contributed by atoms with Crippen LogP contribution in [0, 0.1) is 5.92 Å². The van der Waals surface area contributed by atoms with Gasteiger partial charge in [-0.05, 0) is 73.8 Å². The number of hydrogen-bond acceptors (Lipinski definition) is 3. The summed E-state index contributed by atoms with van der Waals surface area (Å²) >= 11 is 3.68. The number of hydrogen-bond donors (Lipinski definition) is 1. The number of benzene rings is 2. The van der Waals surface area contributed by atoms with Crippen molar-refractivity contribution in [1.82, 2.24) is 9.88 Å². The number of phenolic OH excluding ortho intramolecular Hbond substituents is 1. The van der Waals surface area contributed by atoms with Gasteiger partial charge >= 0.3 is 0 Å². The highest BCUT2D eigenvalue weighted by molar-refractivity contribution is 9.10. The molecule has 27 heavy (non-hydrogen) atoms. The van der Waals surface area contributed by atoms with Crippen LogP contribution in [0.15, 0.2) is 53.0 Å². The monoisotopic (exact) mass is 422 g/mol. The highest BCUT2D eigenvalue weighted by Crippen LogP contribution is 2.48. The first kappa shape index (κ1) is 17.2. The lowest BCUT2D eigenvalue weighted by Crippen LogP contribution is -2.53. The predicted octanol–water partition coefficient (Wildman–Crippen LogP) is 4.69. The van der Waals surface area contributed by atoms with Gasteiger partial charge in [0.25, 0.3) is 0 Å². The predicted molar refractivity (Wildman–Crippen MR) is 112 cm³/mol. The third kappa shape index (κ3) is 2.77. The molecule has 2 aliphatic rings. The van der Waals surface area contributed by atoms with Gasteiger partial charge in [-0.3, -0.25) is 4.98 Å². The molecule has 2 aromatic carbocycles. The molecule has 1 N–H and O–H groups in total. The van der Waals surface area contributed by atoms with E-state index in [1.54, 1.807) is 6.07 Å². The first-order valence-corrected chi connectivity index (χ1v) is 10.4. The van der Waals surface area contributed by atoms with E-state index in [-0.39, 0.29) is 5.41 Å². The van der Waals surface area contributed by atoms with Crippen LogP contribution in [0.3, 0.4) is 0 Å². The highest BCUT2D eigenvalue weighted by Gasteiger charge is 2.47. The van der Waals surface area contributed by atoms with Gasteiger partial charge in [0.15, 0.2) is 0 Å². The smallest absolute Gasteiger partial charge is 0.115 e. The van der Waals surface area contributed by atoms with Gasteiger partial charge in [-0.1, -0.05) is 34.1 Å². The normalized spacial score (nSPS) is 25.2. The van der Waals surface area contributed by atoms with Crippen molar-refractivity contribution in [1.29, 1.82) is 0 Å². The number of fused-ring (bicyclic) bond motifs is 3. The van der Waals surface area contributed by atoms with Gasteiger partial charge < -0.3 is 10.0 Å². The van der Waals surface area contributed by atoms with Gasteiger partial charge in [-0.2, -0.15) is 0 Å². The Kier molecular flexibility index (Phi) is 4.03. The summed E-state index contributed by atoms with van der Waals surface area (Å²) in [5, 5.41) is 11.3. The largest absolute Gasteiger partial charge is 0.508 e. The number of nitrogens with zero attached hydrogens (tertiary/aromatic N) is 2. The zero-order valence-corrected chi connectivity index (χ0v) is 17.0. The topological polar surface area (TPSA) is 36.4 Å². The number of pyridine rings is 1. The van der Waals surface area contributed by atoms with Crippen molar-refractivity contribution in [3.8, 4) is 5.75 Å². The molecule has 3 nitrogen and oxygen atoms in total. The fourth-order valence-electron chi connectivity index (χ4n) is 5.16. The molecule has 138 valence electrons. The summed E-state index contributed by atoms with van der Waals surface area (Å²) in [5.74, 6) is 0.896. The van der Waals surface area contributed by atoms with E-state index in [4.69, 9.17) is 4.98 Å². The van der Waals surface area contributed by atoms with Gasteiger partial charge in [0, 0.05) is 33.9 Å². The maximum atomic E-state index is 10.1. The molecule has 1 aromatic heterocycles. The van der Waals surface area contributed by atoms with Crippen LogP contribution in [-0.4, -0.2) is 35.1 Å². The third-order valence-electron chi connectivity index (χ3n) is 6.60. The van der Waals surface area contributed by atoms with Gasteiger partial charge in [-0.25, -0.2) is 0 Å². The van der Waals surface area contributed by atoms with E-state index in [2.05, 4.69) is 58.2 Å². The lowest BCUT2D eigenvalue weighted by Gasteiger charge is -2.50. The Morgan fingerprint density at radius 1 is 1.19 bits per heavy atom. The zero-order chi connectivity index (χ0) is 18.6. The van der Waals surface area contributed by atoms with E-state index in [9.17, 15) is 5.11 Å². The Morgan fingerprint density at radius 3 is 2.89 bits per heavy atom. The molecule has 2 heterocycles. The molecule has 0 bridgehead atoms. The number of halogens is 1. The summed E-state index contributed by atoms with van der Waals surface area (Å²) in [6.07, 6.45) is 3.10. The van der Waals surface area contributed by atoms with Crippen LogP contribution in [0.25, 0.3) is 10.9 Å². The minimum Gasteiger partial charge on any atom is -0.508 e. The van der Waals surface area contributed by atoms with Crippen LogP contribution >= 0.6 is 15.9 Å². The first-order valence-electron chi connectivity index (χ1n) is 9.60. The summed E-state index contributed by atoms with van der Waals surface area (Å²) in [4.78, 5) is 7.52. The molecule has 1 aliphatic heterocycles. The molecule has 1 fully saturated rings. The molecule has 5 rings (SSSR count). The second kappa shape index (κ2) is 6.32. The Labute approximate surface area is 168 Å². The number of rotatable bonds is 1. The number of aromatic hydroxyl groups is 1. The van der Waals surface area contributed by atoms with Crippen molar-refractivity contribution in [2.45, 2.75) is 24.7 Å². The van der Waals surface area contributed by atoms with E-state index >= 15 is 0 Å². The SMILES string of the molecule is CN1CC[C@@]2(c3cccc(O)c3)Cc3nc4cccc(Br)c4cc3C[C@H]2C1. The van der Waals surface area contributed by atoms with Gasteiger partial charge in [-0.15, -0.1) is 0 Å². The average Bonchev–Trinajstić information content (AvgIpc) is 2.65. The summed E-state index contributed by atoms with van der Waals surface area (Å²) in [5.41, 5.74) is 4.99. The quantitative estimate of drug-likeness (QED) is 0.617. The first-order chi connectivity index (χ1) is 13.0. The van der Waals surface area contributed by atoms with Crippen LogP contribution in [0.4, 0.5) is 0 Å². The number of phenols is 1. The van der Waals surface area contributed by atoms with Crippen molar-refractivity contribution < 1.29 is 5.11 Å². The van der Waals surface area contributed by atoms with E-state index < -0.39 is 0 Å². The zero-order valence-electron chi connectivity index (χ0n) is 15.5. The average molecular weight is 423 g/mol. The second-order valence-electron chi connectivity index (χ2n) is 8.20. The van der Waals surface area contributed by atoms with Gasteiger partial charge in [0.05, 0.1) is 5.52 Å². The molecule has 0 unspecified atom stereocenters. The van der Waals surface area contributed by atoms with Crippen molar-refractivity contribution in [3.05, 3.63) is 69.8 Å². The van der Waals surface area contributed by atoms with Crippen LogP contribution in [0.2, 0.25) is 0 Å². The molecule has 1 saturated heterocycles. The lowest BCUT2D eigenvalue weighted by atomic mass is 9.58. The number of piperidine rings is 1. The molecular weight excluding hydrogens is 400 g/mol. The second-order valence-corrected chi connectivity index (χ2v) is 9.05. The fourth-order valence-corrected chi connectivity index (χ4v) is 5.63. The van der Waals surface area contributed by atoms with Crippen molar-refractivity contribution in [2.75, 3.05) is 20.1 Å². The summed E-state index contributed by atoms with van der Waals surface area (Å²) in [6, 6.07) is 16.5. The summed E-state index contributed by atoms with van der Waals surface area (Å²) in [6.45, 7) is 2.17. The molecular formula is C23H23BrN2O. The number of likely N-dealkylation sites (tertiary alicyclic amines) is 1. The van der Waals surface area contributed by atoms with Crippen LogP contribution < -0.4 is 0 Å². The van der Waals surface area contributed by atoms with E-state index in [0.717, 1.165) is 42.3 Å². The van der Waals surface area contributed by atoms with Gasteiger partial charge in [0.2, 0.25) is 0 Å². The number of aromatic nitrogens is 1. The standard InChI is InChI=1S/C23H23BrN2O/c1-26-9-8-23(16-4-2-5-18(27)12-16)13-22-15(10-17(23)14-26)11-19-20(24)6-3-7-21(19)25-22/h2-7,11-12,17,27H,8-10,13-14H2,1H3/t17-,23-/m0/s1. The maximum Gasteiger partial charge on any atom is 0.115 e. The molecule has 0 saturated carbocycles. The van der Waals surface area contributed by atoms with Crippen molar-refractivity contribution >= 4 is 26.8 Å². The highest BCUT2D eigenvalue weighted by atomic mass is 79.9. The lowest BCUT2D eigenvalue weighted by molar-refractivity contribution is 0.0987. The fraction of sp³-hybridized carbons (Fsp3) is 0.348. The van der Waals surface area contributed by atoms with Gasteiger partial charge in [0.1, 0.15) is 5.75 Å². The van der Waals surface area contributed by atoms with E-state index in [1.165, 1.54) is 22.2 Å². The molecule has 0 radical (unpaired) electrons. The summed E-state index contributed by atoms with van der Waals surface area (Å²) < 4.78 is 1.11. The van der Waals surface area contributed by atoms with Crippen molar-refractivity contribution in [2.24, 2.45) is 5.92 Å². The molecule has 4 heteroatoms. The Bertz CT molecular complexity index is 1030. The molecule has 0 amide bonds. The van der Waals surface area contributed by atoms with Crippen LogP contribution in [0.5, 0.6) is 5.75 Å². The molecule has 0 spiro atoms. The Hall–Kier alpha value is -1.91. The summed E-state index contributed by atoms with van der Waals surface area (Å²) in [7, 11) is 2.22. The van der Waals surface area contributed by atoms with E-state index in [0.29, 0.717) is 11.7 Å².